The minimum absolute atomic E-state index is 0.257. The second-order valence-electron chi connectivity index (χ2n) is 5.78. The highest BCUT2D eigenvalue weighted by Gasteiger charge is 2.10. The molecule has 2 aromatic carbocycles. The zero-order valence-corrected chi connectivity index (χ0v) is 16.5. The van der Waals surface area contributed by atoms with Gasteiger partial charge in [-0.1, -0.05) is 0 Å². The number of esters is 1. The van der Waals surface area contributed by atoms with Crippen LogP contribution in [0.1, 0.15) is 22.8 Å². The average Bonchev–Trinajstić information content (AvgIpc) is 2.73. The number of urea groups is 1. The quantitative estimate of drug-likeness (QED) is 0.325. The summed E-state index contributed by atoms with van der Waals surface area (Å²) in [5.74, 6) is -0.0862. The summed E-state index contributed by atoms with van der Waals surface area (Å²) >= 11 is 0. The van der Waals surface area contributed by atoms with Crippen molar-refractivity contribution in [3.63, 3.8) is 0 Å². The lowest BCUT2D eigenvalue weighted by Crippen LogP contribution is -2.24. The zero-order valence-electron chi connectivity index (χ0n) is 16.5. The van der Waals surface area contributed by atoms with Crippen LogP contribution < -0.4 is 25.9 Å². The van der Waals surface area contributed by atoms with E-state index in [1.54, 1.807) is 49.4 Å². The Hall–Kier alpha value is -4.08. The Morgan fingerprint density at radius 3 is 2.47 bits per heavy atom. The molecule has 0 radical (unpaired) electrons. The minimum atomic E-state index is -0.778. The molecule has 2 aromatic rings. The van der Waals surface area contributed by atoms with Gasteiger partial charge >= 0.3 is 12.0 Å². The van der Waals surface area contributed by atoms with Crippen molar-refractivity contribution < 1.29 is 28.6 Å². The van der Waals surface area contributed by atoms with E-state index in [-0.39, 0.29) is 13.2 Å². The van der Waals surface area contributed by atoms with E-state index < -0.39 is 17.9 Å². The molecule has 0 unspecified atom stereocenters. The molecule has 0 atom stereocenters. The van der Waals surface area contributed by atoms with Gasteiger partial charge in [-0.25, -0.2) is 15.0 Å². The lowest BCUT2D eigenvalue weighted by molar-refractivity contribution is -0.118. The SMILES string of the molecule is CCOC(=O)c1ccc(NC(=O)COc2ccc(/C=N\NC(N)=O)cc2OC)cc1. The highest BCUT2D eigenvalue weighted by atomic mass is 16.5. The fourth-order valence-electron chi connectivity index (χ4n) is 2.30. The molecule has 158 valence electrons. The molecular weight excluding hydrogens is 392 g/mol. The number of primary amides is 1. The third kappa shape index (κ3) is 6.82. The fourth-order valence-corrected chi connectivity index (χ4v) is 2.30. The first-order valence-electron chi connectivity index (χ1n) is 8.89. The molecule has 30 heavy (non-hydrogen) atoms. The predicted molar refractivity (Wildman–Crippen MR) is 110 cm³/mol. The molecule has 0 bridgehead atoms. The van der Waals surface area contributed by atoms with E-state index in [9.17, 15) is 14.4 Å². The second kappa shape index (κ2) is 11.1. The first kappa shape index (κ1) is 22.2. The number of nitrogens with zero attached hydrogens (tertiary/aromatic N) is 1. The van der Waals surface area contributed by atoms with Crippen LogP contribution in [-0.2, 0) is 9.53 Å². The largest absolute Gasteiger partial charge is 0.493 e. The summed E-state index contributed by atoms with van der Waals surface area (Å²) in [6.45, 7) is 1.76. The maximum atomic E-state index is 12.1. The van der Waals surface area contributed by atoms with Crippen molar-refractivity contribution in [2.45, 2.75) is 6.92 Å². The summed E-state index contributed by atoms with van der Waals surface area (Å²) in [6.07, 6.45) is 1.38. The van der Waals surface area contributed by atoms with E-state index >= 15 is 0 Å². The summed E-state index contributed by atoms with van der Waals surface area (Å²) in [4.78, 5) is 34.4. The number of hydrogen-bond donors (Lipinski definition) is 3. The Labute approximate surface area is 173 Å². The van der Waals surface area contributed by atoms with Gasteiger partial charge in [0.2, 0.25) is 0 Å². The molecule has 10 nitrogen and oxygen atoms in total. The van der Waals surface area contributed by atoms with Gasteiger partial charge in [0.15, 0.2) is 18.1 Å². The lowest BCUT2D eigenvalue weighted by Gasteiger charge is -2.11. The van der Waals surface area contributed by atoms with Crippen LogP contribution in [0.4, 0.5) is 10.5 Å². The molecule has 0 spiro atoms. The molecule has 2 rings (SSSR count). The van der Waals surface area contributed by atoms with Gasteiger partial charge in [0.05, 0.1) is 25.5 Å². The smallest absolute Gasteiger partial charge is 0.338 e. The first-order chi connectivity index (χ1) is 14.4. The summed E-state index contributed by atoms with van der Waals surface area (Å²) in [7, 11) is 1.45. The number of benzene rings is 2. The van der Waals surface area contributed by atoms with Crippen LogP contribution in [0.25, 0.3) is 0 Å². The Balaban J connectivity index is 1.93. The molecule has 0 aliphatic rings. The summed E-state index contributed by atoms with van der Waals surface area (Å²) in [6, 6.07) is 10.4. The molecule has 0 saturated heterocycles. The minimum Gasteiger partial charge on any atom is -0.493 e. The van der Waals surface area contributed by atoms with Crippen molar-refractivity contribution in [3.8, 4) is 11.5 Å². The molecule has 10 heteroatoms. The number of rotatable bonds is 9. The highest BCUT2D eigenvalue weighted by Crippen LogP contribution is 2.27. The Bertz CT molecular complexity index is 927. The van der Waals surface area contributed by atoms with Gasteiger partial charge in [0, 0.05) is 5.69 Å². The number of methoxy groups -OCH3 is 1. The van der Waals surface area contributed by atoms with Crippen molar-refractivity contribution in [1.29, 1.82) is 0 Å². The Kier molecular flexibility index (Phi) is 8.18. The first-order valence-corrected chi connectivity index (χ1v) is 8.89. The Morgan fingerprint density at radius 2 is 1.83 bits per heavy atom. The second-order valence-corrected chi connectivity index (χ2v) is 5.78. The molecule has 0 aliphatic carbocycles. The third-order valence-electron chi connectivity index (χ3n) is 3.61. The monoisotopic (exact) mass is 414 g/mol. The number of amides is 3. The van der Waals surface area contributed by atoms with Crippen molar-refractivity contribution >= 4 is 29.8 Å². The van der Waals surface area contributed by atoms with Crippen LogP contribution in [-0.4, -0.2) is 44.4 Å². The average molecular weight is 414 g/mol. The summed E-state index contributed by atoms with van der Waals surface area (Å²) < 4.78 is 15.7. The lowest BCUT2D eigenvalue weighted by atomic mass is 10.2. The fraction of sp³-hybridized carbons (Fsp3) is 0.200. The van der Waals surface area contributed by atoms with Gasteiger partial charge in [-0.05, 0) is 55.0 Å². The maximum Gasteiger partial charge on any atom is 0.338 e. The van der Waals surface area contributed by atoms with Crippen LogP contribution in [0.5, 0.6) is 11.5 Å². The van der Waals surface area contributed by atoms with Crippen molar-refractivity contribution in [2.75, 3.05) is 25.6 Å². The van der Waals surface area contributed by atoms with Crippen LogP contribution in [0.3, 0.4) is 0 Å². The van der Waals surface area contributed by atoms with Gasteiger partial charge in [0.25, 0.3) is 5.91 Å². The standard InChI is InChI=1S/C20H22N4O6/c1-3-29-19(26)14-5-7-15(8-6-14)23-18(25)12-30-16-9-4-13(10-17(16)28-2)11-22-24-20(21)27/h4-11H,3,12H2,1-2H3,(H,23,25)(H3,21,24,27)/b22-11-. The van der Waals surface area contributed by atoms with Gasteiger partial charge in [0.1, 0.15) is 0 Å². The number of ether oxygens (including phenoxy) is 3. The van der Waals surface area contributed by atoms with Gasteiger partial charge in [-0.15, -0.1) is 0 Å². The van der Waals surface area contributed by atoms with E-state index in [1.807, 2.05) is 0 Å². The highest BCUT2D eigenvalue weighted by molar-refractivity contribution is 5.93. The van der Waals surface area contributed by atoms with E-state index in [4.69, 9.17) is 19.9 Å². The molecule has 0 fully saturated rings. The zero-order chi connectivity index (χ0) is 21.9. The number of carbonyl (C=O) groups is 3. The number of hydrogen-bond acceptors (Lipinski definition) is 7. The van der Waals surface area contributed by atoms with Gasteiger partial charge in [-0.3, -0.25) is 4.79 Å². The van der Waals surface area contributed by atoms with E-state index in [0.717, 1.165) is 0 Å². The number of nitrogens with one attached hydrogen (secondary N) is 2. The van der Waals surface area contributed by atoms with Crippen LogP contribution in [0, 0.1) is 0 Å². The van der Waals surface area contributed by atoms with E-state index in [0.29, 0.717) is 28.3 Å². The molecular formula is C20H22N4O6. The van der Waals surface area contributed by atoms with Crippen molar-refractivity contribution in [1.82, 2.24) is 5.43 Å². The van der Waals surface area contributed by atoms with Crippen molar-refractivity contribution in [3.05, 3.63) is 53.6 Å². The summed E-state index contributed by atoms with van der Waals surface area (Å²) in [5, 5.41) is 6.32. The molecule has 0 saturated carbocycles. The van der Waals surface area contributed by atoms with Crippen LogP contribution in [0.2, 0.25) is 0 Å². The normalized spacial score (nSPS) is 10.3. The van der Waals surface area contributed by atoms with Gasteiger partial charge < -0.3 is 25.3 Å². The number of anilines is 1. The number of carbonyl (C=O) groups excluding carboxylic acids is 3. The molecule has 0 aliphatic heterocycles. The number of nitrogens with two attached hydrogens (primary N) is 1. The molecule has 3 amide bonds. The van der Waals surface area contributed by atoms with E-state index in [2.05, 4.69) is 15.8 Å². The molecule has 4 N–H and O–H groups in total. The topological polar surface area (TPSA) is 141 Å². The van der Waals surface area contributed by atoms with Gasteiger partial charge in [-0.2, -0.15) is 5.10 Å². The Morgan fingerprint density at radius 1 is 1.10 bits per heavy atom. The molecule has 0 aromatic heterocycles. The third-order valence-corrected chi connectivity index (χ3v) is 3.61. The van der Waals surface area contributed by atoms with Crippen LogP contribution in [0.15, 0.2) is 47.6 Å². The summed E-state index contributed by atoms with van der Waals surface area (Å²) in [5.41, 5.74) is 8.54. The number of hydrazone groups is 1. The molecule has 0 heterocycles. The van der Waals surface area contributed by atoms with Crippen molar-refractivity contribution in [2.24, 2.45) is 10.8 Å². The maximum absolute atomic E-state index is 12.1. The predicted octanol–water partition coefficient (Wildman–Crippen LogP) is 1.89. The van der Waals surface area contributed by atoms with E-state index in [1.165, 1.54) is 13.3 Å². The van der Waals surface area contributed by atoms with Crippen LogP contribution >= 0.6 is 0 Å².